The number of hydrogen-bond acceptors (Lipinski definition) is 1. The van der Waals surface area contributed by atoms with Gasteiger partial charge in [-0.2, -0.15) is 0 Å². The first-order valence-electron chi connectivity index (χ1n) is 17.2. The van der Waals surface area contributed by atoms with Crippen LogP contribution < -0.4 is 0 Å². The highest BCUT2D eigenvalue weighted by Gasteiger charge is 2.30. The molecule has 2 nitrogen and oxygen atoms in total. The predicted octanol–water partition coefficient (Wildman–Crippen LogP) is 12.7. The van der Waals surface area contributed by atoms with E-state index in [2.05, 4.69) is 27.7 Å². The van der Waals surface area contributed by atoms with Crippen LogP contribution in [0.1, 0.15) is 207 Å². The molecule has 0 aromatic carbocycles. The van der Waals surface area contributed by atoms with Crippen LogP contribution >= 0.6 is 0 Å². The lowest BCUT2D eigenvalue weighted by molar-refractivity contribution is -0.143. The van der Waals surface area contributed by atoms with Gasteiger partial charge in [-0.15, -0.1) is 0 Å². The molecule has 0 rings (SSSR count). The third kappa shape index (κ3) is 24.3. The van der Waals surface area contributed by atoms with Crippen LogP contribution in [-0.4, -0.2) is 11.1 Å². The third-order valence-corrected chi connectivity index (χ3v) is 8.76. The molecule has 0 fully saturated rings. The summed E-state index contributed by atoms with van der Waals surface area (Å²) < 4.78 is 0. The molecule has 0 saturated carbocycles. The zero-order valence-corrected chi connectivity index (χ0v) is 26.2. The lowest BCUT2D eigenvalue weighted by Gasteiger charge is -2.33. The van der Waals surface area contributed by atoms with Crippen LogP contribution in [-0.2, 0) is 4.79 Å². The second kappa shape index (κ2) is 27.1. The topological polar surface area (TPSA) is 37.3 Å². The number of aliphatic carboxylic acids is 1. The summed E-state index contributed by atoms with van der Waals surface area (Å²) in [5, 5.41) is 10.1. The second-order valence-electron chi connectivity index (χ2n) is 12.8. The summed E-state index contributed by atoms with van der Waals surface area (Å²) in [4.78, 5) is 12.2. The van der Waals surface area contributed by atoms with E-state index in [0.29, 0.717) is 0 Å². The molecule has 2 heteroatoms. The van der Waals surface area contributed by atoms with Gasteiger partial charge in [-0.3, -0.25) is 4.79 Å². The van der Waals surface area contributed by atoms with Crippen LogP contribution in [0.4, 0.5) is 0 Å². The molecule has 0 aliphatic heterocycles. The van der Waals surface area contributed by atoms with Crippen LogP contribution in [0.25, 0.3) is 0 Å². The van der Waals surface area contributed by atoms with Gasteiger partial charge in [0, 0.05) is 0 Å². The highest BCUT2D eigenvalue weighted by molar-refractivity contribution is 5.70. The van der Waals surface area contributed by atoms with E-state index in [4.69, 9.17) is 0 Å². The van der Waals surface area contributed by atoms with Gasteiger partial charge in [0.15, 0.2) is 0 Å². The quantitative estimate of drug-likeness (QED) is 0.0952. The molecule has 0 aliphatic carbocycles. The number of hydrogen-bond donors (Lipinski definition) is 1. The van der Waals surface area contributed by atoms with Gasteiger partial charge in [0.2, 0.25) is 0 Å². The highest BCUT2D eigenvalue weighted by atomic mass is 16.4. The molecule has 0 aromatic rings. The maximum absolute atomic E-state index is 12.2. The van der Waals surface area contributed by atoms with Crippen molar-refractivity contribution in [1.82, 2.24) is 0 Å². The van der Waals surface area contributed by atoms with Gasteiger partial charge >= 0.3 is 5.97 Å². The van der Waals surface area contributed by atoms with E-state index < -0.39 is 5.97 Å². The average molecular weight is 523 g/mol. The van der Waals surface area contributed by atoms with Crippen molar-refractivity contribution in [2.75, 3.05) is 0 Å². The van der Waals surface area contributed by atoms with Gasteiger partial charge in [-0.05, 0) is 31.1 Å². The van der Waals surface area contributed by atoms with E-state index in [1.54, 1.807) is 0 Å². The minimum atomic E-state index is -0.541. The summed E-state index contributed by atoms with van der Waals surface area (Å²) in [6.07, 6.45) is 36.2. The Morgan fingerprint density at radius 1 is 0.514 bits per heavy atom. The van der Waals surface area contributed by atoms with Crippen molar-refractivity contribution in [3.8, 4) is 0 Å². The molecule has 222 valence electrons. The molecule has 0 amide bonds. The highest BCUT2D eigenvalue weighted by Crippen LogP contribution is 2.39. The number of carboxylic acid groups (broad SMARTS) is 1. The van der Waals surface area contributed by atoms with Crippen LogP contribution in [0.2, 0.25) is 0 Å². The van der Waals surface area contributed by atoms with E-state index in [1.165, 1.54) is 161 Å². The Morgan fingerprint density at radius 2 is 0.811 bits per heavy atom. The molecule has 0 aromatic heterocycles. The molecule has 0 spiro atoms. The van der Waals surface area contributed by atoms with Gasteiger partial charge in [-0.1, -0.05) is 182 Å². The molecule has 37 heavy (non-hydrogen) atoms. The SMILES string of the molecule is CCCCCCCCCCCCC(CC(C)(CCCCCCCC)CCCCCCCCCC)C(=O)O. The fourth-order valence-electron chi connectivity index (χ4n) is 6.13. The summed E-state index contributed by atoms with van der Waals surface area (Å²) in [7, 11) is 0. The number of unbranched alkanes of at least 4 members (excludes halogenated alkanes) is 21. The summed E-state index contributed by atoms with van der Waals surface area (Å²) in [6.45, 7) is 9.26. The van der Waals surface area contributed by atoms with Crippen LogP contribution in [0, 0.1) is 11.3 Å². The molecular weight excluding hydrogens is 452 g/mol. The molecule has 0 radical (unpaired) electrons. The maximum Gasteiger partial charge on any atom is 0.306 e. The lowest BCUT2D eigenvalue weighted by Crippen LogP contribution is -2.26. The molecule has 0 bridgehead atoms. The minimum absolute atomic E-state index is 0.145. The Labute approximate surface area is 234 Å². The first-order valence-corrected chi connectivity index (χ1v) is 17.2. The smallest absolute Gasteiger partial charge is 0.306 e. The first kappa shape index (κ1) is 36.5. The van der Waals surface area contributed by atoms with Crippen molar-refractivity contribution in [2.24, 2.45) is 11.3 Å². The Kier molecular flexibility index (Phi) is 26.7. The monoisotopic (exact) mass is 523 g/mol. The fourth-order valence-corrected chi connectivity index (χ4v) is 6.13. The minimum Gasteiger partial charge on any atom is -0.481 e. The molecule has 2 atom stereocenters. The van der Waals surface area contributed by atoms with Crippen molar-refractivity contribution < 1.29 is 9.90 Å². The fraction of sp³-hybridized carbons (Fsp3) is 0.971. The summed E-state index contributed by atoms with van der Waals surface area (Å²) in [6, 6.07) is 0. The molecule has 0 heterocycles. The van der Waals surface area contributed by atoms with Gasteiger partial charge in [-0.25, -0.2) is 0 Å². The van der Waals surface area contributed by atoms with Crippen LogP contribution in [0.3, 0.4) is 0 Å². The molecule has 0 saturated heterocycles. The molecule has 0 aliphatic rings. The molecule has 2 unspecified atom stereocenters. The van der Waals surface area contributed by atoms with Crippen molar-refractivity contribution >= 4 is 5.97 Å². The Morgan fingerprint density at radius 3 is 1.14 bits per heavy atom. The van der Waals surface area contributed by atoms with Gasteiger partial charge in [0.05, 0.1) is 5.92 Å². The lowest BCUT2D eigenvalue weighted by atomic mass is 9.72. The molecular formula is C35H70O2. The van der Waals surface area contributed by atoms with Crippen molar-refractivity contribution in [3.05, 3.63) is 0 Å². The van der Waals surface area contributed by atoms with Crippen LogP contribution in [0.15, 0.2) is 0 Å². The summed E-state index contributed by atoms with van der Waals surface area (Å²) in [5.41, 5.74) is 0.203. The number of carbonyl (C=O) groups is 1. The van der Waals surface area contributed by atoms with E-state index in [1.807, 2.05) is 0 Å². The number of carboxylic acids is 1. The van der Waals surface area contributed by atoms with E-state index in [-0.39, 0.29) is 11.3 Å². The summed E-state index contributed by atoms with van der Waals surface area (Å²) >= 11 is 0. The van der Waals surface area contributed by atoms with E-state index >= 15 is 0 Å². The zero-order valence-electron chi connectivity index (χ0n) is 26.2. The van der Waals surface area contributed by atoms with Crippen LogP contribution in [0.5, 0.6) is 0 Å². The van der Waals surface area contributed by atoms with E-state index in [0.717, 1.165) is 19.3 Å². The van der Waals surface area contributed by atoms with Gasteiger partial charge in [0.1, 0.15) is 0 Å². The van der Waals surface area contributed by atoms with E-state index in [9.17, 15) is 9.90 Å². The number of rotatable bonds is 30. The van der Waals surface area contributed by atoms with Crippen molar-refractivity contribution in [3.63, 3.8) is 0 Å². The van der Waals surface area contributed by atoms with Crippen molar-refractivity contribution in [1.29, 1.82) is 0 Å². The Bertz CT molecular complexity index is 474. The van der Waals surface area contributed by atoms with Crippen molar-refractivity contribution in [2.45, 2.75) is 207 Å². The third-order valence-electron chi connectivity index (χ3n) is 8.76. The summed E-state index contributed by atoms with van der Waals surface area (Å²) in [5.74, 6) is -0.686. The first-order chi connectivity index (χ1) is 18.0. The Hall–Kier alpha value is -0.530. The standard InChI is InChI=1S/C35H70O2/c1-5-8-11-14-17-19-20-21-23-26-29-33(34(36)37)32-35(4,30-27-24-16-13-10-7-3)31-28-25-22-18-15-12-9-6-2/h33H,5-32H2,1-4H3,(H,36,37). The zero-order chi connectivity index (χ0) is 27.5. The second-order valence-corrected chi connectivity index (χ2v) is 12.8. The molecule has 1 N–H and O–H groups in total. The normalized spacial score (nSPS) is 14.1. The Balaban J connectivity index is 4.47. The predicted molar refractivity (Wildman–Crippen MR) is 166 cm³/mol. The van der Waals surface area contributed by atoms with Gasteiger partial charge in [0.25, 0.3) is 0 Å². The van der Waals surface area contributed by atoms with Gasteiger partial charge < -0.3 is 5.11 Å². The largest absolute Gasteiger partial charge is 0.481 e. The average Bonchev–Trinajstić information content (AvgIpc) is 2.88. The maximum atomic E-state index is 12.2.